The molecule has 3 rings (SSSR count). The van der Waals surface area contributed by atoms with Crippen molar-refractivity contribution < 1.29 is 9.63 Å². The van der Waals surface area contributed by atoms with E-state index in [1.54, 1.807) is 0 Å². The molecule has 0 saturated carbocycles. The molecule has 0 fully saturated rings. The van der Waals surface area contributed by atoms with E-state index >= 15 is 0 Å². The van der Waals surface area contributed by atoms with Crippen LogP contribution < -0.4 is 4.84 Å². The maximum absolute atomic E-state index is 11.0. The molecular formula is C13H10N4O2. The Hall–Kier alpha value is -2.76. The Kier molecular flexibility index (Phi) is 2.68. The summed E-state index contributed by atoms with van der Waals surface area (Å²) < 4.78 is 0. The molecular weight excluding hydrogens is 244 g/mol. The highest BCUT2D eigenvalue weighted by Gasteiger charge is 2.14. The van der Waals surface area contributed by atoms with E-state index in [4.69, 9.17) is 4.84 Å². The highest BCUT2D eigenvalue weighted by atomic mass is 16.7. The summed E-state index contributed by atoms with van der Waals surface area (Å²) in [5.41, 5.74) is 0.810. The summed E-state index contributed by atoms with van der Waals surface area (Å²) in [5.74, 6) is -0.0826. The molecule has 0 radical (unpaired) electrons. The fraction of sp³-hybridized carbons (Fsp3) is 0.0769. The van der Waals surface area contributed by atoms with Crippen molar-refractivity contribution >= 4 is 16.7 Å². The van der Waals surface area contributed by atoms with E-state index in [2.05, 4.69) is 15.5 Å². The highest BCUT2D eigenvalue weighted by molar-refractivity contribution is 5.94. The second kappa shape index (κ2) is 4.49. The van der Waals surface area contributed by atoms with Crippen molar-refractivity contribution in [2.24, 2.45) is 0 Å². The third-order valence-corrected chi connectivity index (χ3v) is 2.69. The number of tetrazole rings is 1. The fourth-order valence-corrected chi connectivity index (χ4v) is 1.94. The molecule has 0 amide bonds. The van der Waals surface area contributed by atoms with Gasteiger partial charge in [0.25, 0.3) is 0 Å². The summed E-state index contributed by atoms with van der Waals surface area (Å²) in [5, 5.41) is 13.2. The number of nitrogens with zero attached hydrogens (tertiary/aromatic N) is 4. The molecule has 0 aliphatic rings. The van der Waals surface area contributed by atoms with Gasteiger partial charge in [0.05, 0.1) is 0 Å². The van der Waals surface area contributed by atoms with Crippen LogP contribution in [0.1, 0.15) is 6.92 Å². The minimum atomic E-state index is -0.478. The van der Waals surface area contributed by atoms with Crippen molar-refractivity contribution in [3.8, 4) is 11.4 Å². The fourth-order valence-electron chi connectivity index (χ4n) is 1.94. The van der Waals surface area contributed by atoms with Crippen molar-refractivity contribution in [1.82, 2.24) is 20.4 Å². The number of rotatable bonds is 2. The summed E-state index contributed by atoms with van der Waals surface area (Å²) in [6.45, 7) is 1.30. The maximum atomic E-state index is 11.0. The largest absolute Gasteiger partial charge is 0.332 e. The first-order chi connectivity index (χ1) is 9.25. The maximum Gasteiger partial charge on any atom is 0.332 e. The van der Waals surface area contributed by atoms with Gasteiger partial charge < -0.3 is 4.84 Å². The normalized spacial score (nSPS) is 10.6. The summed E-state index contributed by atoms with van der Waals surface area (Å²) in [6, 6.07) is 13.7. The number of benzene rings is 2. The average Bonchev–Trinajstić information content (AvgIpc) is 2.85. The average molecular weight is 254 g/mol. The molecule has 19 heavy (non-hydrogen) atoms. The standard InChI is InChI=1S/C13H10N4O2/c1-9(18)19-17-13(14-15-16-17)12-8-4-6-10-5-2-3-7-11(10)12/h2-8H,1H3. The Bertz CT molecular complexity index is 746. The van der Waals surface area contributed by atoms with Crippen molar-refractivity contribution in [2.45, 2.75) is 6.92 Å². The van der Waals surface area contributed by atoms with Crippen molar-refractivity contribution in [3.05, 3.63) is 42.5 Å². The van der Waals surface area contributed by atoms with Gasteiger partial charge in [0.2, 0.25) is 5.82 Å². The zero-order valence-corrected chi connectivity index (χ0v) is 10.1. The number of carbonyl (C=O) groups excluding carboxylic acids is 1. The Morgan fingerprint density at radius 1 is 1.16 bits per heavy atom. The van der Waals surface area contributed by atoms with E-state index in [9.17, 15) is 4.79 Å². The van der Waals surface area contributed by atoms with Crippen LogP contribution in [0.2, 0.25) is 0 Å². The predicted molar refractivity (Wildman–Crippen MR) is 68.0 cm³/mol. The topological polar surface area (TPSA) is 69.9 Å². The van der Waals surface area contributed by atoms with Crippen molar-refractivity contribution in [1.29, 1.82) is 0 Å². The molecule has 94 valence electrons. The predicted octanol–water partition coefficient (Wildman–Crippen LogP) is 1.47. The second-order valence-electron chi connectivity index (χ2n) is 3.99. The minimum absolute atomic E-state index is 0.395. The van der Waals surface area contributed by atoms with Crippen LogP contribution in [0, 0.1) is 0 Å². The summed E-state index contributed by atoms with van der Waals surface area (Å²) in [6.07, 6.45) is 0. The summed E-state index contributed by atoms with van der Waals surface area (Å²) in [4.78, 5) is 17.0. The zero-order valence-electron chi connectivity index (χ0n) is 10.1. The van der Waals surface area contributed by atoms with Crippen LogP contribution in [-0.2, 0) is 4.79 Å². The number of carbonyl (C=O) groups is 1. The second-order valence-corrected chi connectivity index (χ2v) is 3.99. The van der Waals surface area contributed by atoms with Gasteiger partial charge in [0.15, 0.2) is 0 Å². The Morgan fingerprint density at radius 2 is 1.95 bits per heavy atom. The number of hydrogen-bond donors (Lipinski definition) is 0. The molecule has 1 heterocycles. The first-order valence-electron chi connectivity index (χ1n) is 5.71. The molecule has 0 unspecified atom stereocenters. The Labute approximate surface area is 108 Å². The van der Waals surface area contributed by atoms with Gasteiger partial charge >= 0.3 is 5.97 Å². The van der Waals surface area contributed by atoms with E-state index in [0.29, 0.717) is 5.82 Å². The molecule has 3 aromatic rings. The Balaban J connectivity index is 2.20. The first-order valence-corrected chi connectivity index (χ1v) is 5.71. The lowest BCUT2D eigenvalue weighted by Gasteiger charge is -2.05. The molecule has 6 nitrogen and oxygen atoms in total. The van der Waals surface area contributed by atoms with Gasteiger partial charge in [0.1, 0.15) is 0 Å². The van der Waals surface area contributed by atoms with Crippen LogP contribution in [0.15, 0.2) is 42.5 Å². The molecule has 0 spiro atoms. The molecule has 0 saturated heterocycles. The van der Waals surface area contributed by atoms with E-state index < -0.39 is 5.97 Å². The van der Waals surface area contributed by atoms with Crippen LogP contribution in [0.25, 0.3) is 22.2 Å². The van der Waals surface area contributed by atoms with Crippen LogP contribution in [-0.4, -0.2) is 26.3 Å². The zero-order chi connectivity index (χ0) is 13.2. The molecule has 0 aliphatic heterocycles. The molecule has 1 aromatic heterocycles. The van der Waals surface area contributed by atoms with E-state index in [-0.39, 0.29) is 0 Å². The van der Waals surface area contributed by atoms with Gasteiger partial charge in [-0.05, 0) is 26.0 Å². The van der Waals surface area contributed by atoms with Crippen LogP contribution in [0.4, 0.5) is 0 Å². The molecule has 0 N–H and O–H groups in total. The van der Waals surface area contributed by atoms with Gasteiger partial charge in [0, 0.05) is 12.5 Å². The highest BCUT2D eigenvalue weighted by Crippen LogP contribution is 2.26. The van der Waals surface area contributed by atoms with Gasteiger partial charge in [-0.1, -0.05) is 42.5 Å². The van der Waals surface area contributed by atoms with E-state index in [1.165, 1.54) is 6.92 Å². The van der Waals surface area contributed by atoms with Gasteiger partial charge in [-0.2, -0.15) is 0 Å². The van der Waals surface area contributed by atoms with Crippen molar-refractivity contribution in [2.75, 3.05) is 0 Å². The first kappa shape index (κ1) is 11.3. The smallest absolute Gasteiger partial charge is 0.316 e. The number of aromatic nitrogens is 4. The summed E-state index contributed by atoms with van der Waals surface area (Å²) in [7, 11) is 0. The van der Waals surface area contributed by atoms with Crippen molar-refractivity contribution in [3.63, 3.8) is 0 Å². The quantitative estimate of drug-likeness (QED) is 0.648. The number of fused-ring (bicyclic) bond motifs is 1. The minimum Gasteiger partial charge on any atom is -0.316 e. The molecule has 0 aliphatic carbocycles. The lowest BCUT2D eigenvalue weighted by Crippen LogP contribution is -2.19. The Morgan fingerprint density at radius 3 is 2.79 bits per heavy atom. The third kappa shape index (κ3) is 2.03. The SMILES string of the molecule is CC(=O)On1nnnc1-c1cccc2ccccc12. The monoisotopic (exact) mass is 254 g/mol. The molecule has 0 atom stereocenters. The third-order valence-electron chi connectivity index (χ3n) is 2.69. The molecule has 6 heteroatoms. The molecule has 0 bridgehead atoms. The molecule has 2 aromatic carbocycles. The van der Waals surface area contributed by atoms with Gasteiger partial charge in [-0.15, -0.1) is 5.10 Å². The van der Waals surface area contributed by atoms with E-state index in [0.717, 1.165) is 21.2 Å². The summed E-state index contributed by atoms with van der Waals surface area (Å²) >= 11 is 0. The lowest BCUT2D eigenvalue weighted by molar-refractivity contribution is -0.143. The van der Waals surface area contributed by atoms with Gasteiger partial charge in [-0.3, -0.25) is 0 Å². The van der Waals surface area contributed by atoms with Gasteiger partial charge in [-0.25, -0.2) is 4.79 Å². The lowest BCUT2D eigenvalue weighted by atomic mass is 10.0. The van der Waals surface area contributed by atoms with Crippen LogP contribution in [0.5, 0.6) is 0 Å². The van der Waals surface area contributed by atoms with Crippen LogP contribution >= 0.6 is 0 Å². The van der Waals surface area contributed by atoms with E-state index in [1.807, 2.05) is 42.5 Å². The number of hydrogen-bond acceptors (Lipinski definition) is 5. The van der Waals surface area contributed by atoms with Crippen LogP contribution in [0.3, 0.4) is 0 Å².